The molecule has 3 heteroatoms. The molecule has 78 valence electrons. The molecule has 0 saturated heterocycles. The molecule has 0 spiro atoms. The number of aromatic amines is 1. The van der Waals surface area contributed by atoms with E-state index in [-0.39, 0.29) is 0 Å². The molecule has 1 aromatic carbocycles. The van der Waals surface area contributed by atoms with E-state index in [0.29, 0.717) is 6.01 Å². The fourth-order valence-corrected chi connectivity index (χ4v) is 1.46. The largest absolute Gasteiger partial charge is 0.468 e. The van der Waals surface area contributed by atoms with Crippen LogP contribution in [0.25, 0.3) is 11.3 Å². The van der Waals surface area contributed by atoms with Crippen molar-refractivity contribution in [3.63, 3.8) is 0 Å². The highest BCUT2D eigenvalue weighted by atomic mass is 16.5. The van der Waals surface area contributed by atoms with E-state index < -0.39 is 0 Å². The molecule has 1 aromatic heterocycles. The summed E-state index contributed by atoms with van der Waals surface area (Å²) in [6.07, 6.45) is 1.78. The maximum absolute atomic E-state index is 5.00. The number of H-pyrrole nitrogens is 1. The van der Waals surface area contributed by atoms with Crippen LogP contribution in [0.1, 0.15) is 11.1 Å². The quantitative estimate of drug-likeness (QED) is 0.813. The fourth-order valence-electron chi connectivity index (χ4n) is 1.46. The van der Waals surface area contributed by atoms with Crippen LogP contribution in [0.5, 0.6) is 6.01 Å². The van der Waals surface area contributed by atoms with Gasteiger partial charge in [-0.3, -0.25) is 0 Å². The second-order valence-electron chi connectivity index (χ2n) is 3.61. The smallest absolute Gasteiger partial charge is 0.293 e. The van der Waals surface area contributed by atoms with Crippen LogP contribution >= 0.6 is 0 Å². The first kappa shape index (κ1) is 9.77. The Morgan fingerprint density at radius 2 is 2.00 bits per heavy atom. The predicted octanol–water partition coefficient (Wildman–Crippen LogP) is 2.70. The molecule has 0 amide bonds. The van der Waals surface area contributed by atoms with Crippen LogP contribution in [0, 0.1) is 13.8 Å². The monoisotopic (exact) mass is 202 g/mol. The number of hydrogen-bond donors (Lipinski definition) is 1. The second-order valence-corrected chi connectivity index (χ2v) is 3.61. The highest BCUT2D eigenvalue weighted by molar-refractivity contribution is 5.60. The number of nitrogens with one attached hydrogen (secondary N) is 1. The lowest BCUT2D eigenvalue weighted by atomic mass is 10.1. The molecule has 0 saturated carbocycles. The molecule has 0 unspecified atom stereocenters. The molecule has 0 radical (unpaired) electrons. The number of hydrogen-bond acceptors (Lipinski definition) is 2. The number of methoxy groups -OCH3 is 1. The zero-order chi connectivity index (χ0) is 10.8. The first-order chi connectivity index (χ1) is 7.20. The van der Waals surface area contributed by atoms with Gasteiger partial charge in [0.2, 0.25) is 0 Å². The van der Waals surface area contributed by atoms with Crippen molar-refractivity contribution in [2.75, 3.05) is 7.11 Å². The van der Waals surface area contributed by atoms with E-state index in [4.69, 9.17) is 4.74 Å². The normalized spacial score (nSPS) is 10.3. The standard InChI is InChI=1S/C12H14N2O/c1-8-4-5-10(6-9(8)2)11-7-13-12(14-11)15-3/h4-7H,1-3H3,(H,13,14). The summed E-state index contributed by atoms with van der Waals surface area (Å²) in [7, 11) is 1.60. The van der Waals surface area contributed by atoms with Crippen LogP contribution < -0.4 is 4.74 Å². The Kier molecular flexibility index (Phi) is 2.46. The zero-order valence-electron chi connectivity index (χ0n) is 9.16. The third-order valence-electron chi connectivity index (χ3n) is 2.56. The third kappa shape index (κ3) is 1.86. The van der Waals surface area contributed by atoms with Gasteiger partial charge in [-0.1, -0.05) is 12.1 Å². The zero-order valence-corrected chi connectivity index (χ0v) is 9.16. The number of imidazole rings is 1. The summed E-state index contributed by atoms with van der Waals surface area (Å²) < 4.78 is 5.00. The van der Waals surface area contributed by atoms with Gasteiger partial charge in [-0.15, -0.1) is 0 Å². The van der Waals surface area contributed by atoms with Gasteiger partial charge >= 0.3 is 0 Å². The molecule has 0 aliphatic heterocycles. The van der Waals surface area contributed by atoms with Crippen LogP contribution in [0.15, 0.2) is 24.4 Å². The van der Waals surface area contributed by atoms with E-state index in [1.54, 1.807) is 13.3 Å². The third-order valence-corrected chi connectivity index (χ3v) is 2.56. The molecule has 0 fully saturated rings. The van der Waals surface area contributed by atoms with Gasteiger partial charge in [0.05, 0.1) is 19.0 Å². The van der Waals surface area contributed by atoms with Gasteiger partial charge in [-0.05, 0) is 36.6 Å². The number of rotatable bonds is 2. The fraction of sp³-hybridized carbons (Fsp3) is 0.250. The summed E-state index contributed by atoms with van der Waals surface area (Å²) in [6.45, 7) is 4.21. The van der Waals surface area contributed by atoms with Crippen molar-refractivity contribution in [2.45, 2.75) is 13.8 Å². The number of nitrogens with zero attached hydrogens (tertiary/aromatic N) is 1. The van der Waals surface area contributed by atoms with E-state index >= 15 is 0 Å². The summed E-state index contributed by atoms with van der Waals surface area (Å²) in [5.41, 5.74) is 4.69. The molecule has 1 heterocycles. The minimum Gasteiger partial charge on any atom is -0.468 e. The SMILES string of the molecule is COc1ncc(-c2ccc(C)c(C)c2)[nH]1. The Balaban J connectivity index is 2.40. The Morgan fingerprint density at radius 1 is 1.20 bits per heavy atom. The average molecular weight is 202 g/mol. The van der Waals surface area contributed by atoms with Crippen molar-refractivity contribution < 1.29 is 4.74 Å². The molecule has 0 aliphatic carbocycles. The Morgan fingerprint density at radius 3 is 2.60 bits per heavy atom. The molecule has 0 bridgehead atoms. The van der Waals surface area contributed by atoms with Crippen molar-refractivity contribution in [3.05, 3.63) is 35.5 Å². The first-order valence-corrected chi connectivity index (χ1v) is 4.87. The Hall–Kier alpha value is -1.77. The van der Waals surface area contributed by atoms with Crippen molar-refractivity contribution >= 4 is 0 Å². The number of ether oxygens (including phenoxy) is 1. The van der Waals surface area contributed by atoms with Gasteiger partial charge in [-0.2, -0.15) is 0 Å². The minimum atomic E-state index is 0.545. The lowest BCUT2D eigenvalue weighted by molar-refractivity contribution is 0.384. The molecule has 0 aliphatic rings. The van der Waals surface area contributed by atoms with Crippen molar-refractivity contribution in [1.82, 2.24) is 9.97 Å². The summed E-state index contributed by atoms with van der Waals surface area (Å²) in [6, 6.07) is 6.87. The topological polar surface area (TPSA) is 37.9 Å². The van der Waals surface area contributed by atoms with Crippen LogP contribution in [-0.4, -0.2) is 17.1 Å². The number of aromatic nitrogens is 2. The Labute approximate surface area is 89.1 Å². The first-order valence-electron chi connectivity index (χ1n) is 4.87. The molecular weight excluding hydrogens is 188 g/mol. The second kappa shape index (κ2) is 3.77. The predicted molar refractivity (Wildman–Crippen MR) is 60.0 cm³/mol. The highest BCUT2D eigenvalue weighted by Gasteiger charge is 2.03. The average Bonchev–Trinajstić information content (AvgIpc) is 2.70. The van der Waals surface area contributed by atoms with Crippen LogP contribution in [0.3, 0.4) is 0 Å². The molecular formula is C12H14N2O. The van der Waals surface area contributed by atoms with Crippen molar-refractivity contribution in [2.24, 2.45) is 0 Å². The van der Waals surface area contributed by atoms with E-state index in [2.05, 4.69) is 42.0 Å². The summed E-state index contributed by atoms with van der Waals surface area (Å²) in [4.78, 5) is 7.18. The lowest BCUT2D eigenvalue weighted by Gasteiger charge is -2.02. The molecule has 2 rings (SSSR count). The van der Waals surface area contributed by atoms with Crippen molar-refractivity contribution in [1.29, 1.82) is 0 Å². The van der Waals surface area contributed by atoms with E-state index in [0.717, 1.165) is 11.3 Å². The van der Waals surface area contributed by atoms with Gasteiger partial charge < -0.3 is 9.72 Å². The molecule has 0 atom stereocenters. The lowest BCUT2D eigenvalue weighted by Crippen LogP contribution is -1.85. The van der Waals surface area contributed by atoms with Crippen LogP contribution in [0.2, 0.25) is 0 Å². The molecule has 3 nitrogen and oxygen atoms in total. The molecule has 15 heavy (non-hydrogen) atoms. The minimum absolute atomic E-state index is 0.545. The van der Waals surface area contributed by atoms with Gasteiger partial charge in [0, 0.05) is 0 Å². The molecule has 1 N–H and O–H groups in total. The van der Waals surface area contributed by atoms with Gasteiger partial charge in [0.15, 0.2) is 0 Å². The number of benzene rings is 1. The van der Waals surface area contributed by atoms with Crippen LogP contribution in [0.4, 0.5) is 0 Å². The van der Waals surface area contributed by atoms with E-state index in [1.165, 1.54) is 11.1 Å². The Bertz CT molecular complexity index is 474. The maximum atomic E-state index is 5.00. The van der Waals surface area contributed by atoms with E-state index in [9.17, 15) is 0 Å². The van der Waals surface area contributed by atoms with E-state index in [1.807, 2.05) is 0 Å². The van der Waals surface area contributed by atoms with Gasteiger partial charge in [0.1, 0.15) is 0 Å². The molecule has 2 aromatic rings. The summed E-state index contributed by atoms with van der Waals surface area (Å²) >= 11 is 0. The van der Waals surface area contributed by atoms with Crippen LogP contribution in [-0.2, 0) is 0 Å². The van der Waals surface area contributed by atoms with Gasteiger partial charge in [-0.25, -0.2) is 4.98 Å². The van der Waals surface area contributed by atoms with Crippen molar-refractivity contribution in [3.8, 4) is 17.3 Å². The number of aryl methyl sites for hydroxylation is 2. The summed E-state index contributed by atoms with van der Waals surface area (Å²) in [5, 5.41) is 0. The van der Waals surface area contributed by atoms with Gasteiger partial charge in [0.25, 0.3) is 6.01 Å². The highest BCUT2D eigenvalue weighted by Crippen LogP contribution is 2.21. The maximum Gasteiger partial charge on any atom is 0.293 e. The summed E-state index contributed by atoms with van der Waals surface area (Å²) in [5.74, 6) is 0.